The van der Waals surface area contributed by atoms with Crippen LogP contribution in [0.25, 0.3) is 55.3 Å². The Morgan fingerprint density at radius 3 is 1.47 bits per heavy atom. The zero-order valence-electron chi connectivity index (χ0n) is 32.5. The average Bonchev–Trinajstić information content (AvgIpc) is 4.00. The van der Waals surface area contributed by atoms with Crippen molar-refractivity contribution in [1.82, 2.24) is 0 Å². The molecule has 1 aromatic heterocycles. The molecule has 0 radical (unpaired) electrons. The molecule has 0 fully saturated rings. The summed E-state index contributed by atoms with van der Waals surface area (Å²) in [6.07, 6.45) is 0. The number of anilines is 3. The first-order valence-corrected chi connectivity index (χ1v) is 20.6. The molecule has 13 rings (SSSR count). The Morgan fingerprint density at radius 2 is 0.881 bits per heavy atom. The minimum absolute atomic E-state index is 0.298. The Bertz CT molecular complexity index is 3260. The molecule has 0 saturated heterocycles. The van der Waals surface area contributed by atoms with E-state index in [-0.39, 0.29) is 5.41 Å². The molecular formula is C57H37NO. The maximum Gasteiger partial charge on any atom is 0.159 e. The summed E-state index contributed by atoms with van der Waals surface area (Å²) in [6.45, 7) is 2.38. The second-order valence-electron chi connectivity index (χ2n) is 16.5. The first-order chi connectivity index (χ1) is 29.2. The molecule has 59 heavy (non-hydrogen) atoms. The van der Waals surface area contributed by atoms with Gasteiger partial charge >= 0.3 is 0 Å². The van der Waals surface area contributed by atoms with E-state index in [1.165, 1.54) is 72.3 Å². The third-order valence-corrected chi connectivity index (χ3v) is 13.8. The summed E-state index contributed by atoms with van der Waals surface area (Å²) >= 11 is 0. The monoisotopic (exact) mass is 751 g/mol. The molecule has 1 spiro atoms. The quantitative estimate of drug-likeness (QED) is 0.178. The van der Waals surface area contributed by atoms with E-state index >= 15 is 0 Å². The SMILES string of the molecule is CC1(c2ccc3oc4c(N(c5ccccc5)c5ccc6c(c5)C5(c7ccccc7-c7ccccc75)c5ccccc5-6)cccc4c3c2)c2ccccc2-c2ccccc21. The molecule has 1 heterocycles. The van der Waals surface area contributed by atoms with Crippen LogP contribution < -0.4 is 4.90 Å². The van der Waals surface area contributed by atoms with Gasteiger partial charge in [-0.3, -0.25) is 0 Å². The van der Waals surface area contributed by atoms with Crippen molar-refractivity contribution in [2.75, 3.05) is 4.90 Å². The number of para-hydroxylation sites is 2. The Kier molecular flexibility index (Phi) is 6.54. The molecule has 276 valence electrons. The largest absolute Gasteiger partial charge is 0.454 e. The lowest BCUT2D eigenvalue weighted by Crippen LogP contribution is -2.26. The Labute approximate surface area is 343 Å². The van der Waals surface area contributed by atoms with Gasteiger partial charge in [0.05, 0.1) is 11.1 Å². The van der Waals surface area contributed by atoms with Gasteiger partial charge in [-0.1, -0.05) is 164 Å². The molecule has 2 nitrogen and oxygen atoms in total. The van der Waals surface area contributed by atoms with Gasteiger partial charge in [0.1, 0.15) is 5.58 Å². The number of fused-ring (bicyclic) bond motifs is 16. The normalized spacial score (nSPS) is 14.5. The molecule has 0 N–H and O–H groups in total. The highest BCUT2D eigenvalue weighted by atomic mass is 16.3. The molecule has 10 aromatic rings. The minimum Gasteiger partial charge on any atom is -0.454 e. The highest BCUT2D eigenvalue weighted by molar-refractivity contribution is 6.11. The van der Waals surface area contributed by atoms with Gasteiger partial charge in [-0.05, 0) is 122 Å². The summed E-state index contributed by atoms with van der Waals surface area (Å²) in [6, 6.07) is 76.1. The molecule has 9 aromatic carbocycles. The van der Waals surface area contributed by atoms with Crippen molar-refractivity contribution in [2.24, 2.45) is 0 Å². The predicted octanol–water partition coefficient (Wildman–Crippen LogP) is 14.7. The summed E-state index contributed by atoms with van der Waals surface area (Å²) in [5, 5.41) is 2.23. The first-order valence-electron chi connectivity index (χ1n) is 20.6. The molecule has 2 heteroatoms. The Morgan fingerprint density at radius 1 is 0.373 bits per heavy atom. The van der Waals surface area contributed by atoms with Crippen molar-refractivity contribution in [3.05, 3.63) is 245 Å². The van der Waals surface area contributed by atoms with Gasteiger partial charge in [-0.25, -0.2) is 0 Å². The summed E-state index contributed by atoms with van der Waals surface area (Å²) in [5.41, 5.74) is 21.3. The van der Waals surface area contributed by atoms with Gasteiger partial charge in [0.25, 0.3) is 0 Å². The van der Waals surface area contributed by atoms with Gasteiger partial charge in [-0.2, -0.15) is 0 Å². The number of furan rings is 1. The van der Waals surface area contributed by atoms with Crippen LogP contribution >= 0.6 is 0 Å². The first kappa shape index (κ1) is 32.6. The smallest absolute Gasteiger partial charge is 0.159 e. The zero-order valence-corrected chi connectivity index (χ0v) is 32.5. The summed E-state index contributed by atoms with van der Waals surface area (Å²) in [7, 11) is 0. The van der Waals surface area contributed by atoms with E-state index in [0.29, 0.717) is 0 Å². The molecule has 0 bridgehead atoms. The van der Waals surface area contributed by atoms with Gasteiger partial charge in [0.2, 0.25) is 0 Å². The number of benzene rings is 9. The molecule has 0 aliphatic heterocycles. The fourth-order valence-corrected chi connectivity index (χ4v) is 11.3. The summed E-state index contributed by atoms with van der Waals surface area (Å²) < 4.78 is 6.98. The van der Waals surface area contributed by atoms with E-state index in [4.69, 9.17) is 4.42 Å². The lowest BCUT2D eigenvalue weighted by molar-refractivity contribution is 0.667. The summed E-state index contributed by atoms with van der Waals surface area (Å²) in [4.78, 5) is 2.39. The molecule has 0 unspecified atom stereocenters. The van der Waals surface area contributed by atoms with Crippen molar-refractivity contribution < 1.29 is 4.42 Å². The van der Waals surface area contributed by atoms with Gasteiger partial charge in [0, 0.05) is 27.6 Å². The lowest BCUT2D eigenvalue weighted by atomic mass is 9.70. The molecular weight excluding hydrogens is 715 g/mol. The van der Waals surface area contributed by atoms with E-state index in [2.05, 4.69) is 218 Å². The van der Waals surface area contributed by atoms with Crippen LogP contribution in [0.2, 0.25) is 0 Å². The van der Waals surface area contributed by atoms with Gasteiger partial charge in [0.15, 0.2) is 5.58 Å². The van der Waals surface area contributed by atoms with Crippen molar-refractivity contribution in [3.63, 3.8) is 0 Å². The topological polar surface area (TPSA) is 16.4 Å². The fraction of sp³-hybridized carbons (Fsp3) is 0.0526. The average molecular weight is 752 g/mol. The third-order valence-electron chi connectivity index (χ3n) is 13.8. The van der Waals surface area contributed by atoms with Crippen LogP contribution in [0.15, 0.2) is 211 Å². The van der Waals surface area contributed by atoms with Crippen molar-refractivity contribution in [3.8, 4) is 33.4 Å². The Balaban J connectivity index is 1.03. The number of hydrogen-bond acceptors (Lipinski definition) is 2. The van der Waals surface area contributed by atoms with Crippen LogP contribution in [-0.4, -0.2) is 0 Å². The Hall–Kier alpha value is -7.42. The van der Waals surface area contributed by atoms with Crippen LogP contribution in [0.3, 0.4) is 0 Å². The van der Waals surface area contributed by atoms with Crippen LogP contribution in [0, 0.1) is 0 Å². The number of hydrogen-bond donors (Lipinski definition) is 0. The maximum atomic E-state index is 6.98. The highest BCUT2D eigenvalue weighted by Gasteiger charge is 2.51. The van der Waals surface area contributed by atoms with Gasteiger partial charge < -0.3 is 9.32 Å². The standard InChI is InChI=1S/C57H37NO/c1-56(47-24-10-5-18-39(47)40-19-6-11-25-48(40)56)36-30-33-54-46(34-36)45-23-15-29-53(55(45)59-54)58(37-16-3-2-4-17-37)38-31-32-44-43-22-9-14-28-51(43)57(52(44)35-38)49-26-12-7-20-41(49)42-21-8-13-27-50(42)57/h2-35H,1H3. The van der Waals surface area contributed by atoms with Crippen LogP contribution in [-0.2, 0) is 10.8 Å². The van der Waals surface area contributed by atoms with Crippen molar-refractivity contribution in [2.45, 2.75) is 17.8 Å². The second-order valence-corrected chi connectivity index (χ2v) is 16.5. The van der Waals surface area contributed by atoms with E-state index in [1.54, 1.807) is 0 Å². The van der Waals surface area contributed by atoms with Gasteiger partial charge in [-0.15, -0.1) is 0 Å². The zero-order chi connectivity index (χ0) is 38.9. The van der Waals surface area contributed by atoms with E-state index < -0.39 is 5.41 Å². The molecule has 0 saturated carbocycles. The predicted molar refractivity (Wildman–Crippen MR) is 242 cm³/mol. The molecule has 3 aliphatic rings. The van der Waals surface area contributed by atoms with Crippen LogP contribution in [0.5, 0.6) is 0 Å². The van der Waals surface area contributed by atoms with Crippen LogP contribution in [0.1, 0.15) is 45.9 Å². The number of nitrogens with zero attached hydrogens (tertiary/aromatic N) is 1. The van der Waals surface area contributed by atoms with Crippen molar-refractivity contribution >= 4 is 39.0 Å². The second kappa shape index (κ2) is 11.8. The number of rotatable bonds is 4. The highest BCUT2D eigenvalue weighted by Crippen LogP contribution is 2.63. The van der Waals surface area contributed by atoms with E-state index in [1.807, 2.05) is 0 Å². The van der Waals surface area contributed by atoms with Crippen LogP contribution in [0.4, 0.5) is 17.1 Å². The lowest BCUT2D eigenvalue weighted by Gasteiger charge is -2.32. The van der Waals surface area contributed by atoms with E-state index in [0.717, 1.165) is 39.0 Å². The maximum absolute atomic E-state index is 6.98. The molecule has 3 aliphatic carbocycles. The molecule has 0 atom stereocenters. The summed E-state index contributed by atoms with van der Waals surface area (Å²) in [5.74, 6) is 0. The third kappa shape index (κ3) is 4.15. The fourth-order valence-electron chi connectivity index (χ4n) is 11.3. The van der Waals surface area contributed by atoms with Crippen molar-refractivity contribution in [1.29, 1.82) is 0 Å². The van der Waals surface area contributed by atoms with E-state index in [9.17, 15) is 0 Å². The molecule has 0 amide bonds. The minimum atomic E-state index is -0.438.